The van der Waals surface area contributed by atoms with Crippen LogP contribution in [0.15, 0.2) is 42.6 Å². The Balaban J connectivity index is 1.37. The second-order valence-corrected chi connectivity index (χ2v) is 10.00. The molecule has 3 aliphatic heterocycles. The lowest BCUT2D eigenvalue weighted by atomic mass is 9.87. The van der Waals surface area contributed by atoms with E-state index in [0.717, 1.165) is 24.2 Å². The monoisotopic (exact) mass is 489 g/mol. The molecule has 1 fully saturated rings. The normalized spacial score (nSPS) is 21.9. The summed E-state index contributed by atoms with van der Waals surface area (Å²) in [6, 6.07) is 10.1. The van der Waals surface area contributed by atoms with Crippen LogP contribution in [0, 0.1) is 11.7 Å². The summed E-state index contributed by atoms with van der Waals surface area (Å²) in [5.41, 5.74) is 4.85. The molecule has 3 N–H and O–H groups in total. The molecule has 186 valence electrons. The number of carbonyl (C=O) groups is 1. The zero-order valence-corrected chi connectivity index (χ0v) is 20.2. The lowest BCUT2D eigenvalue weighted by Gasteiger charge is -2.22. The fourth-order valence-electron chi connectivity index (χ4n) is 5.04. The summed E-state index contributed by atoms with van der Waals surface area (Å²) in [4.78, 5) is 27.0. The van der Waals surface area contributed by atoms with Gasteiger partial charge in [0.15, 0.2) is 5.82 Å². The molecule has 0 radical (unpaired) electrons. The van der Waals surface area contributed by atoms with Crippen molar-refractivity contribution in [3.05, 3.63) is 70.9 Å². The van der Waals surface area contributed by atoms with Gasteiger partial charge >= 0.3 is 0 Å². The minimum atomic E-state index is -0.762. The molecule has 0 aliphatic carbocycles. The second kappa shape index (κ2) is 8.79. The summed E-state index contributed by atoms with van der Waals surface area (Å²) in [5.74, 6) is 2.35. The van der Waals surface area contributed by atoms with Crippen molar-refractivity contribution < 1.29 is 13.9 Å². The van der Waals surface area contributed by atoms with Crippen LogP contribution in [-0.2, 0) is 21.5 Å². The highest BCUT2D eigenvalue weighted by Crippen LogP contribution is 2.43. The minimum Gasteiger partial charge on any atom is -0.381 e. The molecule has 1 amide bonds. The van der Waals surface area contributed by atoms with E-state index >= 15 is 0 Å². The van der Waals surface area contributed by atoms with Gasteiger partial charge in [-0.3, -0.25) is 9.80 Å². The van der Waals surface area contributed by atoms with Crippen molar-refractivity contribution in [2.45, 2.75) is 38.3 Å². The molecule has 0 bridgehead atoms. The van der Waals surface area contributed by atoms with Crippen molar-refractivity contribution in [2.24, 2.45) is 5.92 Å². The molecule has 1 aromatic carbocycles. The van der Waals surface area contributed by atoms with Crippen LogP contribution in [0.2, 0.25) is 0 Å². The van der Waals surface area contributed by atoms with E-state index in [9.17, 15) is 9.18 Å². The standard InChI is InChI=1S/C26H28FN7O2/c1-26(2)19-21(29-12-15-9-11-36-14-15)30-23(31-22(19)32-25(26)35)20-17-7-5-10-28-24(17)34(33-20)13-16-6-3-4-8-18(16)27/h3-8,10,15,20,33H,9,11-14H2,1-2H3,(H2,29,30,31,32,35)/t15-,20?/m0/s1. The van der Waals surface area contributed by atoms with E-state index in [4.69, 9.17) is 14.7 Å². The predicted octanol–water partition coefficient (Wildman–Crippen LogP) is 3.30. The van der Waals surface area contributed by atoms with Crippen LogP contribution in [0.1, 0.15) is 48.8 Å². The Morgan fingerprint density at radius 3 is 2.89 bits per heavy atom. The van der Waals surface area contributed by atoms with Crippen LogP contribution in [0.4, 0.5) is 21.8 Å². The van der Waals surface area contributed by atoms with Crippen LogP contribution in [0.25, 0.3) is 0 Å². The fourth-order valence-corrected chi connectivity index (χ4v) is 5.04. The van der Waals surface area contributed by atoms with E-state index < -0.39 is 11.5 Å². The number of benzene rings is 1. The van der Waals surface area contributed by atoms with Crippen LogP contribution < -0.4 is 21.1 Å². The third-order valence-corrected chi connectivity index (χ3v) is 7.15. The van der Waals surface area contributed by atoms with Gasteiger partial charge in [0.2, 0.25) is 5.91 Å². The average Bonchev–Trinajstić information content (AvgIpc) is 3.57. The third-order valence-electron chi connectivity index (χ3n) is 7.15. The molecule has 2 aromatic heterocycles. The van der Waals surface area contributed by atoms with E-state index in [1.54, 1.807) is 18.3 Å². The van der Waals surface area contributed by atoms with E-state index in [1.165, 1.54) is 6.07 Å². The van der Waals surface area contributed by atoms with Gasteiger partial charge < -0.3 is 15.4 Å². The number of halogens is 1. The number of nitrogens with one attached hydrogen (secondary N) is 3. The lowest BCUT2D eigenvalue weighted by molar-refractivity contribution is -0.119. The number of pyridine rings is 1. The number of hydrazine groups is 1. The SMILES string of the molecule is CC1(C)C(=O)Nc2nc(C3NN(Cc4ccccc4F)c4ncccc43)nc(NC[C@@H]3CCOC3)c21. The van der Waals surface area contributed by atoms with Gasteiger partial charge in [-0.05, 0) is 32.4 Å². The quantitative estimate of drug-likeness (QED) is 0.485. The molecule has 3 aromatic rings. The average molecular weight is 490 g/mol. The zero-order chi connectivity index (χ0) is 24.9. The lowest BCUT2D eigenvalue weighted by Crippen LogP contribution is -2.35. The largest absolute Gasteiger partial charge is 0.381 e. The molecule has 9 nitrogen and oxygen atoms in total. The number of nitrogens with zero attached hydrogens (tertiary/aromatic N) is 4. The number of ether oxygens (including phenoxy) is 1. The molecule has 6 rings (SSSR count). The van der Waals surface area contributed by atoms with Crippen molar-refractivity contribution in [1.82, 2.24) is 20.4 Å². The van der Waals surface area contributed by atoms with Crippen LogP contribution in [-0.4, -0.2) is 40.6 Å². The molecular weight excluding hydrogens is 461 g/mol. The minimum absolute atomic E-state index is 0.112. The first-order valence-corrected chi connectivity index (χ1v) is 12.2. The van der Waals surface area contributed by atoms with E-state index in [-0.39, 0.29) is 18.3 Å². The van der Waals surface area contributed by atoms with Crippen LogP contribution >= 0.6 is 0 Å². The van der Waals surface area contributed by atoms with Gasteiger partial charge in [-0.2, -0.15) is 0 Å². The number of hydrogen-bond donors (Lipinski definition) is 3. The number of fused-ring (bicyclic) bond motifs is 2. The molecule has 0 spiro atoms. The van der Waals surface area contributed by atoms with Crippen molar-refractivity contribution in [3.8, 4) is 0 Å². The maximum absolute atomic E-state index is 14.4. The Kier molecular flexibility index (Phi) is 5.57. The van der Waals surface area contributed by atoms with Crippen LogP contribution in [0.5, 0.6) is 0 Å². The third kappa shape index (κ3) is 3.86. The number of hydrogen-bond acceptors (Lipinski definition) is 8. The number of anilines is 3. The highest BCUT2D eigenvalue weighted by molar-refractivity contribution is 6.06. The number of carbonyl (C=O) groups excluding carboxylic acids is 1. The Labute approximate surface area is 208 Å². The highest BCUT2D eigenvalue weighted by atomic mass is 19.1. The Bertz CT molecular complexity index is 1330. The molecule has 1 saturated heterocycles. The summed E-state index contributed by atoms with van der Waals surface area (Å²) in [6.07, 6.45) is 2.70. The van der Waals surface area contributed by atoms with E-state index in [1.807, 2.05) is 37.1 Å². The first-order chi connectivity index (χ1) is 17.4. The Morgan fingerprint density at radius 1 is 1.22 bits per heavy atom. The maximum Gasteiger partial charge on any atom is 0.235 e. The summed E-state index contributed by atoms with van der Waals surface area (Å²) < 4.78 is 19.9. The van der Waals surface area contributed by atoms with Crippen LogP contribution in [0.3, 0.4) is 0 Å². The first-order valence-electron chi connectivity index (χ1n) is 12.2. The fraction of sp³-hybridized carbons (Fsp3) is 0.385. The second-order valence-electron chi connectivity index (χ2n) is 10.00. The summed E-state index contributed by atoms with van der Waals surface area (Å²) in [5, 5.41) is 8.24. The topological polar surface area (TPSA) is 104 Å². The first kappa shape index (κ1) is 22.8. The summed E-state index contributed by atoms with van der Waals surface area (Å²) in [6.45, 7) is 6.21. The number of aromatic nitrogens is 3. The molecule has 1 unspecified atom stereocenters. The Hall–Kier alpha value is -3.63. The van der Waals surface area contributed by atoms with E-state index in [0.29, 0.717) is 47.9 Å². The Morgan fingerprint density at radius 2 is 2.08 bits per heavy atom. The molecule has 0 saturated carbocycles. The molecular formula is C26H28FN7O2. The van der Waals surface area contributed by atoms with Gasteiger partial charge in [-0.25, -0.2) is 24.8 Å². The highest BCUT2D eigenvalue weighted by Gasteiger charge is 2.44. The predicted molar refractivity (Wildman–Crippen MR) is 133 cm³/mol. The van der Waals surface area contributed by atoms with Crippen molar-refractivity contribution >= 4 is 23.4 Å². The molecule has 36 heavy (non-hydrogen) atoms. The van der Waals surface area contributed by atoms with Crippen molar-refractivity contribution in [2.75, 3.05) is 35.4 Å². The zero-order valence-electron chi connectivity index (χ0n) is 20.2. The molecule has 2 atom stereocenters. The van der Waals surface area contributed by atoms with Gasteiger partial charge in [-0.1, -0.05) is 24.3 Å². The van der Waals surface area contributed by atoms with Gasteiger partial charge in [-0.15, -0.1) is 0 Å². The maximum atomic E-state index is 14.4. The van der Waals surface area contributed by atoms with Gasteiger partial charge in [0.1, 0.15) is 29.3 Å². The van der Waals surface area contributed by atoms with Gasteiger partial charge in [0.25, 0.3) is 0 Å². The molecule has 5 heterocycles. The van der Waals surface area contributed by atoms with Gasteiger partial charge in [0.05, 0.1) is 24.1 Å². The number of rotatable bonds is 6. The smallest absolute Gasteiger partial charge is 0.235 e. The van der Waals surface area contributed by atoms with Gasteiger partial charge in [0, 0.05) is 36.4 Å². The molecule has 10 heteroatoms. The number of amides is 1. The molecule has 3 aliphatic rings. The van der Waals surface area contributed by atoms with Crippen molar-refractivity contribution in [1.29, 1.82) is 0 Å². The van der Waals surface area contributed by atoms with E-state index in [2.05, 4.69) is 21.0 Å². The van der Waals surface area contributed by atoms with Crippen molar-refractivity contribution in [3.63, 3.8) is 0 Å². The summed E-state index contributed by atoms with van der Waals surface area (Å²) >= 11 is 0. The summed E-state index contributed by atoms with van der Waals surface area (Å²) in [7, 11) is 0.